The fourth-order valence-electron chi connectivity index (χ4n) is 4.33. The Morgan fingerprint density at radius 1 is 0.909 bits per heavy atom. The van der Waals surface area contributed by atoms with Crippen molar-refractivity contribution in [3.05, 3.63) is 12.2 Å². The summed E-state index contributed by atoms with van der Waals surface area (Å²) in [5.74, 6) is 2.15. The van der Waals surface area contributed by atoms with Crippen molar-refractivity contribution in [1.82, 2.24) is 9.80 Å². The molecule has 2 unspecified atom stereocenters. The molecule has 122 valence electrons. The van der Waals surface area contributed by atoms with Gasteiger partial charge in [-0.2, -0.15) is 0 Å². The van der Waals surface area contributed by atoms with E-state index in [0.29, 0.717) is 17.7 Å². The van der Waals surface area contributed by atoms with E-state index < -0.39 is 0 Å². The van der Waals surface area contributed by atoms with Gasteiger partial charge in [0, 0.05) is 39.0 Å². The van der Waals surface area contributed by atoms with Crippen molar-refractivity contribution in [3.63, 3.8) is 0 Å². The molecule has 2 saturated heterocycles. The third kappa shape index (κ3) is 3.36. The number of carbonyl (C=O) groups excluding carboxylic acids is 2. The van der Waals surface area contributed by atoms with Crippen LogP contribution in [-0.2, 0) is 9.59 Å². The van der Waals surface area contributed by atoms with Gasteiger partial charge in [-0.15, -0.1) is 0 Å². The second-order valence-electron chi connectivity index (χ2n) is 7.16. The SMILES string of the molecule is CC(=O)N1CCC(C2CCN(C(=O)C3CC=CCC3)C2)CC1. The van der Waals surface area contributed by atoms with E-state index in [0.717, 1.165) is 64.7 Å². The summed E-state index contributed by atoms with van der Waals surface area (Å²) >= 11 is 0. The molecule has 1 aliphatic carbocycles. The molecule has 2 atom stereocenters. The molecule has 0 N–H and O–H groups in total. The summed E-state index contributed by atoms with van der Waals surface area (Å²) in [6.07, 6.45) is 10.7. The molecule has 0 aromatic heterocycles. The number of likely N-dealkylation sites (tertiary alicyclic amines) is 2. The van der Waals surface area contributed by atoms with Gasteiger partial charge in [-0.25, -0.2) is 0 Å². The Morgan fingerprint density at radius 2 is 1.59 bits per heavy atom. The summed E-state index contributed by atoms with van der Waals surface area (Å²) in [6.45, 7) is 5.35. The lowest BCUT2D eigenvalue weighted by atomic mass is 9.83. The predicted molar refractivity (Wildman–Crippen MR) is 86.1 cm³/mol. The summed E-state index contributed by atoms with van der Waals surface area (Å²) in [6, 6.07) is 0. The van der Waals surface area contributed by atoms with Crippen molar-refractivity contribution in [2.24, 2.45) is 17.8 Å². The summed E-state index contributed by atoms with van der Waals surface area (Å²) in [5.41, 5.74) is 0. The van der Waals surface area contributed by atoms with Crippen LogP contribution in [0.2, 0.25) is 0 Å². The molecule has 3 rings (SSSR count). The van der Waals surface area contributed by atoms with Crippen LogP contribution in [0.4, 0.5) is 0 Å². The van der Waals surface area contributed by atoms with E-state index in [1.54, 1.807) is 6.92 Å². The topological polar surface area (TPSA) is 40.6 Å². The van der Waals surface area contributed by atoms with Crippen molar-refractivity contribution in [2.45, 2.75) is 45.4 Å². The largest absolute Gasteiger partial charge is 0.343 e. The molecule has 22 heavy (non-hydrogen) atoms. The van der Waals surface area contributed by atoms with Crippen LogP contribution in [0.5, 0.6) is 0 Å². The first kappa shape index (κ1) is 15.6. The molecule has 0 saturated carbocycles. The minimum atomic E-state index is 0.201. The maximum absolute atomic E-state index is 12.6. The molecule has 0 bridgehead atoms. The summed E-state index contributed by atoms with van der Waals surface area (Å²) < 4.78 is 0. The predicted octanol–water partition coefficient (Wildman–Crippen LogP) is 2.45. The third-order valence-electron chi connectivity index (χ3n) is 5.81. The number of nitrogens with zero attached hydrogens (tertiary/aromatic N) is 2. The maximum atomic E-state index is 12.6. The zero-order valence-electron chi connectivity index (χ0n) is 13.7. The molecule has 2 fully saturated rings. The molecule has 2 heterocycles. The van der Waals surface area contributed by atoms with E-state index in [2.05, 4.69) is 17.1 Å². The van der Waals surface area contributed by atoms with E-state index in [1.807, 2.05) is 4.90 Å². The zero-order valence-corrected chi connectivity index (χ0v) is 13.7. The van der Waals surface area contributed by atoms with Crippen LogP contribution in [-0.4, -0.2) is 47.8 Å². The van der Waals surface area contributed by atoms with Gasteiger partial charge < -0.3 is 9.80 Å². The summed E-state index contributed by atoms with van der Waals surface area (Å²) in [4.78, 5) is 28.1. The van der Waals surface area contributed by atoms with Gasteiger partial charge in [0.1, 0.15) is 0 Å². The zero-order chi connectivity index (χ0) is 15.5. The van der Waals surface area contributed by atoms with Gasteiger partial charge in [-0.1, -0.05) is 12.2 Å². The monoisotopic (exact) mass is 304 g/mol. The first-order valence-corrected chi connectivity index (χ1v) is 8.84. The van der Waals surface area contributed by atoms with Gasteiger partial charge >= 0.3 is 0 Å². The number of hydrogen-bond acceptors (Lipinski definition) is 2. The molecule has 0 spiro atoms. The van der Waals surface area contributed by atoms with Crippen molar-refractivity contribution in [2.75, 3.05) is 26.2 Å². The van der Waals surface area contributed by atoms with Gasteiger partial charge in [-0.3, -0.25) is 9.59 Å². The van der Waals surface area contributed by atoms with E-state index in [4.69, 9.17) is 0 Å². The minimum absolute atomic E-state index is 0.201. The summed E-state index contributed by atoms with van der Waals surface area (Å²) in [5, 5.41) is 0. The van der Waals surface area contributed by atoms with Crippen LogP contribution >= 0.6 is 0 Å². The second kappa shape index (κ2) is 6.84. The third-order valence-corrected chi connectivity index (χ3v) is 5.81. The first-order chi connectivity index (χ1) is 10.6. The first-order valence-electron chi connectivity index (χ1n) is 8.84. The molecule has 2 aliphatic heterocycles. The number of carbonyl (C=O) groups is 2. The molecule has 0 radical (unpaired) electrons. The van der Waals surface area contributed by atoms with E-state index in [1.165, 1.54) is 0 Å². The molecule has 4 nitrogen and oxygen atoms in total. The van der Waals surface area contributed by atoms with E-state index >= 15 is 0 Å². The Labute approximate surface area is 133 Å². The smallest absolute Gasteiger partial charge is 0.226 e. The van der Waals surface area contributed by atoms with Crippen LogP contribution in [0.3, 0.4) is 0 Å². The van der Waals surface area contributed by atoms with Crippen LogP contribution < -0.4 is 0 Å². The highest BCUT2D eigenvalue weighted by Crippen LogP contribution is 2.33. The van der Waals surface area contributed by atoms with E-state index in [9.17, 15) is 9.59 Å². The lowest BCUT2D eigenvalue weighted by Crippen LogP contribution is -2.40. The van der Waals surface area contributed by atoms with Gasteiger partial charge in [0.05, 0.1) is 0 Å². The average Bonchev–Trinajstić information content (AvgIpc) is 3.05. The minimum Gasteiger partial charge on any atom is -0.343 e. The highest BCUT2D eigenvalue weighted by Gasteiger charge is 2.35. The Bertz CT molecular complexity index is 452. The molecular weight excluding hydrogens is 276 g/mol. The second-order valence-corrected chi connectivity index (χ2v) is 7.16. The molecular formula is C18H28N2O2. The Morgan fingerprint density at radius 3 is 2.23 bits per heavy atom. The fraction of sp³-hybridized carbons (Fsp3) is 0.778. The van der Waals surface area contributed by atoms with Gasteiger partial charge in [0.15, 0.2) is 0 Å². The van der Waals surface area contributed by atoms with Crippen LogP contribution in [0.15, 0.2) is 12.2 Å². The van der Waals surface area contributed by atoms with Crippen LogP contribution in [0.1, 0.15) is 45.4 Å². The van der Waals surface area contributed by atoms with Crippen molar-refractivity contribution < 1.29 is 9.59 Å². The Kier molecular flexibility index (Phi) is 4.84. The highest BCUT2D eigenvalue weighted by molar-refractivity contribution is 5.79. The Hall–Kier alpha value is -1.32. The maximum Gasteiger partial charge on any atom is 0.226 e. The number of amides is 2. The molecule has 0 aromatic carbocycles. The molecule has 3 aliphatic rings. The van der Waals surface area contributed by atoms with Crippen molar-refractivity contribution >= 4 is 11.8 Å². The van der Waals surface area contributed by atoms with Crippen molar-refractivity contribution in [1.29, 1.82) is 0 Å². The quantitative estimate of drug-likeness (QED) is 0.735. The number of allylic oxidation sites excluding steroid dienone is 2. The lowest BCUT2D eigenvalue weighted by Gasteiger charge is -2.34. The number of piperidine rings is 1. The number of hydrogen-bond donors (Lipinski definition) is 0. The van der Waals surface area contributed by atoms with E-state index in [-0.39, 0.29) is 11.8 Å². The van der Waals surface area contributed by atoms with Gasteiger partial charge in [0.2, 0.25) is 11.8 Å². The molecule has 0 aromatic rings. The Balaban J connectivity index is 1.49. The normalized spacial score (nSPS) is 29.9. The lowest BCUT2D eigenvalue weighted by molar-refractivity contribution is -0.134. The molecule has 2 amide bonds. The standard InChI is InChI=1S/C18H28N2O2/c1-14(21)19-10-7-15(8-11-19)17-9-12-20(13-17)18(22)16-5-3-2-4-6-16/h2-3,15-17H,4-13H2,1H3. The van der Waals surface area contributed by atoms with Crippen LogP contribution in [0, 0.1) is 17.8 Å². The number of rotatable bonds is 2. The molecule has 4 heteroatoms. The van der Waals surface area contributed by atoms with Crippen LogP contribution in [0.25, 0.3) is 0 Å². The summed E-state index contributed by atoms with van der Waals surface area (Å²) in [7, 11) is 0. The highest BCUT2D eigenvalue weighted by atomic mass is 16.2. The average molecular weight is 304 g/mol. The fourth-order valence-corrected chi connectivity index (χ4v) is 4.33. The van der Waals surface area contributed by atoms with Gasteiger partial charge in [-0.05, 0) is 50.4 Å². The van der Waals surface area contributed by atoms with Gasteiger partial charge in [0.25, 0.3) is 0 Å². The van der Waals surface area contributed by atoms with Crippen molar-refractivity contribution in [3.8, 4) is 0 Å².